The van der Waals surface area contributed by atoms with E-state index in [1.54, 1.807) is 26.0 Å². The second-order valence-electron chi connectivity index (χ2n) is 34.3. The molecule has 29 heteroatoms. The predicted molar refractivity (Wildman–Crippen MR) is 544 cm³/mol. The van der Waals surface area contributed by atoms with Crippen LogP contribution in [0.5, 0.6) is 0 Å². The van der Waals surface area contributed by atoms with E-state index < -0.39 is 11.9 Å². The van der Waals surface area contributed by atoms with Crippen molar-refractivity contribution < 1.29 is 77.0 Å². The van der Waals surface area contributed by atoms with Crippen molar-refractivity contribution >= 4 is 94.4 Å². The van der Waals surface area contributed by atoms with Crippen LogP contribution in [0, 0.1) is 0 Å². The summed E-state index contributed by atoms with van der Waals surface area (Å²) in [7, 11) is 6.46. The van der Waals surface area contributed by atoms with E-state index in [1.165, 1.54) is 20.0 Å². The number of nitrogens with one attached hydrogen (secondary N) is 1. The van der Waals surface area contributed by atoms with Gasteiger partial charge in [-0.2, -0.15) is 0 Å². The van der Waals surface area contributed by atoms with Gasteiger partial charge in [0.15, 0.2) is 0 Å². The molecule has 10 rings (SSSR count). The molecule has 28 nitrogen and oxygen atoms in total. The molecular formula is C104H191ClN12O16. The first-order valence-corrected chi connectivity index (χ1v) is 47.7. The smallest absolute Gasteiger partial charge is 0.305 e. The SMILES string of the molecule is C.C.C.C.C.C.C.C.CCCN(C(=O)CCC(=O)NC)C1CC1.CCCN(C(=O)CCC(N)=O)C1CC1.CCCN(C(=O)CCCC(=O)N(C)C)C1CC1.CCCN(C(=O)CCCC(=O)O)C1CC1.CCCN(C(=O)CCCC(=O)OC)C1CC1.CCCN(C(=O)CCCC(N)=O)C1CC1.CCCN(C(=O)Cc1ccccc1)C1CC1.CCCN(C(=O)Cc1ccccc1Cl)C1CC1. The lowest BCUT2D eigenvalue weighted by atomic mass is 10.1. The molecule has 0 unspecified atom stereocenters. The Morgan fingerprint density at radius 2 is 0.579 bits per heavy atom. The molecule has 0 aromatic heterocycles. The molecule has 8 aliphatic rings. The molecule has 0 bridgehead atoms. The van der Waals surface area contributed by atoms with E-state index >= 15 is 0 Å². The van der Waals surface area contributed by atoms with E-state index in [-0.39, 0.29) is 150 Å². The lowest BCUT2D eigenvalue weighted by Gasteiger charge is -2.22. The zero-order valence-electron chi connectivity index (χ0n) is 78.3. The molecule has 6 N–H and O–H groups in total. The van der Waals surface area contributed by atoms with Crippen molar-refractivity contribution in [2.24, 2.45) is 11.5 Å². The second kappa shape index (κ2) is 77.5. The number of nitrogens with two attached hydrogens (primary N) is 2. The first kappa shape index (κ1) is 135. The van der Waals surface area contributed by atoms with Gasteiger partial charge in [0.1, 0.15) is 0 Å². The largest absolute Gasteiger partial charge is 0.481 e. The van der Waals surface area contributed by atoms with Crippen molar-refractivity contribution in [1.82, 2.24) is 49.4 Å². The molecule has 0 aliphatic heterocycles. The average Bonchev–Trinajstić information content (AvgIpc) is 1.68. The number of primary amides is 2. The molecule has 0 atom stereocenters. The molecule has 0 radical (unpaired) electrons. The fourth-order valence-electron chi connectivity index (χ4n) is 14.2. The van der Waals surface area contributed by atoms with E-state index in [4.69, 9.17) is 28.2 Å². The molecule has 8 aliphatic carbocycles. The summed E-state index contributed by atoms with van der Waals surface area (Å²) >= 11 is 6.07. The maximum absolute atomic E-state index is 12.2. The van der Waals surface area contributed by atoms with Crippen molar-refractivity contribution in [2.75, 3.05) is 80.6 Å². The molecule has 8 fully saturated rings. The number of esters is 1. The van der Waals surface area contributed by atoms with Crippen LogP contribution in [0.1, 0.15) is 383 Å². The molecule has 0 heterocycles. The maximum atomic E-state index is 12.2. The number of methoxy groups -OCH3 is 1. The van der Waals surface area contributed by atoms with Gasteiger partial charge < -0.3 is 70.7 Å². The minimum Gasteiger partial charge on any atom is -0.481 e. The van der Waals surface area contributed by atoms with Crippen LogP contribution in [-0.4, -0.2) is 261 Å². The molecule has 12 amide bonds. The Bertz CT molecular complexity index is 3510. The lowest BCUT2D eigenvalue weighted by molar-refractivity contribution is -0.141. The first-order chi connectivity index (χ1) is 59.9. The number of carbonyl (C=O) groups excluding carboxylic acids is 13. The average molecular weight is 1900 g/mol. The summed E-state index contributed by atoms with van der Waals surface area (Å²) in [6.45, 7) is 23.5. The van der Waals surface area contributed by atoms with Gasteiger partial charge in [-0.05, 0) is 197 Å². The summed E-state index contributed by atoms with van der Waals surface area (Å²) in [6.07, 6.45) is 33.7. The van der Waals surface area contributed by atoms with Crippen LogP contribution in [0.4, 0.5) is 0 Å². The van der Waals surface area contributed by atoms with Crippen LogP contribution in [0.3, 0.4) is 0 Å². The zero-order valence-corrected chi connectivity index (χ0v) is 79.1. The normalized spacial score (nSPS) is 13.9. The third-order valence-electron chi connectivity index (χ3n) is 22.0. The number of amides is 12. The fourth-order valence-corrected chi connectivity index (χ4v) is 14.4. The molecule has 133 heavy (non-hydrogen) atoms. The van der Waals surface area contributed by atoms with E-state index in [0.29, 0.717) is 150 Å². The van der Waals surface area contributed by atoms with Crippen LogP contribution >= 0.6 is 11.6 Å². The number of nitrogens with zero attached hydrogens (tertiary/aromatic N) is 9. The topological polar surface area (TPSA) is 362 Å². The van der Waals surface area contributed by atoms with Crippen molar-refractivity contribution in [2.45, 2.75) is 433 Å². The molecular weight excluding hydrogens is 1710 g/mol. The van der Waals surface area contributed by atoms with Gasteiger partial charge in [0.2, 0.25) is 70.9 Å². The van der Waals surface area contributed by atoms with Gasteiger partial charge in [0.25, 0.3) is 0 Å². The summed E-state index contributed by atoms with van der Waals surface area (Å²) in [5, 5.41) is 11.7. The number of aliphatic carboxylic acids is 1. The monoisotopic (exact) mass is 1900 g/mol. The minimum absolute atomic E-state index is 0. The van der Waals surface area contributed by atoms with Crippen LogP contribution in [-0.2, 0) is 84.7 Å². The van der Waals surface area contributed by atoms with Gasteiger partial charge in [-0.1, -0.05) is 175 Å². The van der Waals surface area contributed by atoms with Gasteiger partial charge in [-0.25, -0.2) is 0 Å². The van der Waals surface area contributed by atoms with Crippen LogP contribution in [0.15, 0.2) is 54.6 Å². The van der Waals surface area contributed by atoms with Gasteiger partial charge in [-0.15, -0.1) is 0 Å². The number of hydrogen-bond donors (Lipinski definition) is 4. The summed E-state index contributed by atoms with van der Waals surface area (Å²) in [5.41, 5.74) is 12.1. The van der Waals surface area contributed by atoms with Crippen molar-refractivity contribution in [3.05, 3.63) is 70.7 Å². The predicted octanol–water partition coefficient (Wildman–Crippen LogP) is 18.6. The van der Waals surface area contributed by atoms with Gasteiger partial charge in [0.05, 0.1) is 20.0 Å². The van der Waals surface area contributed by atoms with Crippen LogP contribution in [0.2, 0.25) is 5.02 Å². The third kappa shape index (κ3) is 61.1. The summed E-state index contributed by atoms with van der Waals surface area (Å²) in [5.74, 6) is -0.314. The molecule has 770 valence electrons. The Morgan fingerprint density at radius 1 is 0.331 bits per heavy atom. The number of halogens is 1. The lowest BCUT2D eigenvalue weighted by Crippen LogP contribution is -2.35. The van der Waals surface area contributed by atoms with Crippen LogP contribution < -0.4 is 16.8 Å². The number of carboxylic acid groups (broad SMARTS) is 1. The second-order valence-corrected chi connectivity index (χ2v) is 34.7. The van der Waals surface area contributed by atoms with Gasteiger partial charge in [-0.3, -0.25) is 67.1 Å². The first-order valence-electron chi connectivity index (χ1n) is 47.3. The summed E-state index contributed by atoms with van der Waals surface area (Å²) < 4.78 is 4.54. The molecule has 0 saturated heterocycles. The van der Waals surface area contributed by atoms with E-state index in [1.807, 2.05) is 88.9 Å². The molecule has 2 aromatic carbocycles. The summed E-state index contributed by atoms with van der Waals surface area (Å²) in [4.78, 5) is 177. The highest BCUT2D eigenvalue weighted by molar-refractivity contribution is 6.31. The van der Waals surface area contributed by atoms with Crippen molar-refractivity contribution in [3.63, 3.8) is 0 Å². The molecule has 2 aromatic rings. The van der Waals surface area contributed by atoms with Crippen molar-refractivity contribution in [1.29, 1.82) is 0 Å². The maximum Gasteiger partial charge on any atom is 0.305 e. The number of hydrogen-bond acceptors (Lipinski definition) is 15. The van der Waals surface area contributed by atoms with Crippen LogP contribution in [0.25, 0.3) is 0 Å². The van der Waals surface area contributed by atoms with Gasteiger partial charge in [0, 0.05) is 204 Å². The summed E-state index contributed by atoms with van der Waals surface area (Å²) in [6, 6.07) is 21.4. The molecule has 8 saturated carbocycles. The minimum atomic E-state index is -0.823. The quantitative estimate of drug-likeness (QED) is 0.0447. The number of carbonyl (C=O) groups is 14. The third-order valence-corrected chi connectivity index (χ3v) is 22.4. The Balaban J connectivity index is -0.000000344. The van der Waals surface area contributed by atoms with Gasteiger partial charge >= 0.3 is 11.9 Å². The molecule has 0 spiro atoms. The highest BCUT2D eigenvalue weighted by Crippen LogP contribution is 2.34. The number of carboxylic acids is 1. The highest BCUT2D eigenvalue weighted by atomic mass is 35.5. The fraction of sp³-hybridized carbons (Fsp3) is 0.750. The Morgan fingerprint density at radius 3 is 0.842 bits per heavy atom. The Kier molecular flexibility index (Phi) is 78.7. The Hall–Kier alpha value is -8.69. The number of rotatable bonds is 50. The van der Waals surface area contributed by atoms with Crippen molar-refractivity contribution in [3.8, 4) is 0 Å². The highest BCUT2D eigenvalue weighted by Gasteiger charge is 2.38. The zero-order chi connectivity index (χ0) is 92.8. The van der Waals surface area contributed by atoms with E-state index in [0.717, 1.165) is 205 Å². The number of benzene rings is 2. The standard InChI is InChI=1S/C14H18ClNO.C14H19NO.C13H24N2O2.C12H21NO3.2C11H20N2O2.C11H19NO3.C10H18N2O2.8CH4/c1-2-9-16(12-7-8-12)14(17)10-11-5-3-4-6-13(11)15;1-2-10-15(13-8-9-13)14(16)11-12-6-4-3-5-7-12;1-4-10-15(11-8-9-11)13(17)7-5-6-12(16)14(2)3;1-3-9-13(10-7-8-10)11(14)5-4-6-12(15)16-2;1-3-8-13(9-4-5-9)11(15)7-6-10(14)12-2;1-2-8-13(9-6-7-9)11(15)5-3-4-10(12)14;1-2-8-12(9-6-7-9)10(13)4-3-5-11(14)15;1-2-7-12(8-3-4-8)10(14)6-5-9(11)13;;;;;;;;/h3-6,12H,2,7-10H2,1H3;3-7,13H,2,8-11H2,1H3;11H,4-10H2,1-3H3;10H,3-9H2,1-2H3;9H,3-8H2,1-2H3,(H,12,14);9H,2-8H2,1H3,(H2,12,14);9H,2-8H2,1H3,(H,14,15);8H,2-7H2,1H3,(H2,11,13);8*1H4. The Labute approximate surface area is 812 Å². The van der Waals surface area contributed by atoms with E-state index in [2.05, 4.69) is 70.3 Å². The number of ether oxygens (including phenoxy) is 1. The van der Waals surface area contributed by atoms with E-state index in [9.17, 15) is 67.1 Å².